The lowest BCUT2D eigenvalue weighted by Crippen LogP contribution is -2.28. The minimum absolute atomic E-state index is 0.0359. The van der Waals surface area contributed by atoms with Gasteiger partial charge in [-0.2, -0.15) is 0 Å². The van der Waals surface area contributed by atoms with Crippen LogP contribution < -0.4 is 14.8 Å². The minimum atomic E-state index is -0.650. The number of aromatic nitrogens is 1. The molecule has 0 aliphatic carbocycles. The molecule has 1 amide bonds. The maximum Gasteiger partial charge on any atom is 0.340 e. The van der Waals surface area contributed by atoms with Crippen LogP contribution in [-0.4, -0.2) is 31.1 Å². The number of nitrogens with zero attached hydrogens (tertiary/aromatic N) is 1. The van der Waals surface area contributed by atoms with Gasteiger partial charge in [0.25, 0.3) is 0 Å². The van der Waals surface area contributed by atoms with Crippen LogP contribution in [0.4, 0.5) is 5.69 Å². The highest BCUT2D eigenvalue weighted by Gasteiger charge is 2.25. The smallest absolute Gasteiger partial charge is 0.340 e. The molecule has 0 fully saturated rings. The molecule has 7 nitrogen and oxygen atoms in total. The molecular weight excluding hydrogens is 396 g/mol. The van der Waals surface area contributed by atoms with E-state index in [1.54, 1.807) is 33.0 Å². The number of anilines is 1. The molecule has 0 aliphatic rings. The number of benzene rings is 2. The molecule has 1 N–H and O–H groups in total. The van der Waals surface area contributed by atoms with E-state index in [2.05, 4.69) is 10.3 Å². The van der Waals surface area contributed by atoms with Crippen LogP contribution in [-0.2, 0) is 16.1 Å². The fourth-order valence-electron chi connectivity index (χ4n) is 2.97. The summed E-state index contributed by atoms with van der Waals surface area (Å²) in [7, 11) is 2.96. The average Bonchev–Trinajstić information content (AvgIpc) is 2.76. The van der Waals surface area contributed by atoms with Crippen molar-refractivity contribution in [2.24, 2.45) is 5.41 Å². The van der Waals surface area contributed by atoms with Gasteiger partial charge >= 0.3 is 5.97 Å². The van der Waals surface area contributed by atoms with Crippen molar-refractivity contribution in [3.05, 3.63) is 59.8 Å². The predicted molar refractivity (Wildman–Crippen MR) is 118 cm³/mol. The van der Waals surface area contributed by atoms with E-state index in [1.807, 2.05) is 30.3 Å². The zero-order valence-corrected chi connectivity index (χ0v) is 18.3. The van der Waals surface area contributed by atoms with Crippen molar-refractivity contribution in [3.8, 4) is 11.5 Å². The number of fused-ring (bicyclic) bond motifs is 1. The van der Waals surface area contributed by atoms with Crippen molar-refractivity contribution in [2.75, 3.05) is 19.5 Å². The molecule has 3 aromatic rings. The van der Waals surface area contributed by atoms with Crippen LogP contribution in [0.3, 0.4) is 0 Å². The summed E-state index contributed by atoms with van der Waals surface area (Å²) in [6.45, 7) is 5.39. The molecule has 31 heavy (non-hydrogen) atoms. The van der Waals surface area contributed by atoms with E-state index in [-0.39, 0.29) is 18.1 Å². The fourth-order valence-corrected chi connectivity index (χ4v) is 2.97. The number of pyridine rings is 1. The second-order valence-electron chi connectivity index (χ2n) is 8.03. The highest BCUT2D eigenvalue weighted by Crippen LogP contribution is 2.34. The number of nitrogens with one attached hydrogen (secondary N) is 1. The predicted octanol–water partition coefficient (Wildman–Crippen LogP) is 4.59. The molecule has 3 rings (SSSR count). The van der Waals surface area contributed by atoms with Gasteiger partial charge in [-0.25, -0.2) is 4.79 Å². The van der Waals surface area contributed by atoms with Crippen molar-refractivity contribution >= 4 is 28.5 Å². The summed E-state index contributed by atoms with van der Waals surface area (Å²) in [5.41, 5.74) is 1.36. The quantitative estimate of drug-likeness (QED) is 0.585. The zero-order valence-electron chi connectivity index (χ0n) is 18.3. The van der Waals surface area contributed by atoms with Crippen molar-refractivity contribution in [1.29, 1.82) is 0 Å². The number of ether oxygens (including phenoxy) is 3. The topological polar surface area (TPSA) is 86.8 Å². The van der Waals surface area contributed by atoms with Gasteiger partial charge in [0.15, 0.2) is 11.5 Å². The third-order valence-corrected chi connectivity index (χ3v) is 4.75. The molecule has 7 heteroatoms. The van der Waals surface area contributed by atoms with Crippen molar-refractivity contribution in [3.63, 3.8) is 0 Å². The molecule has 0 saturated carbocycles. The summed E-state index contributed by atoms with van der Waals surface area (Å²) >= 11 is 0. The average molecular weight is 422 g/mol. The van der Waals surface area contributed by atoms with Crippen LogP contribution in [0.5, 0.6) is 11.5 Å². The van der Waals surface area contributed by atoms with E-state index in [1.165, 1.54) is 20.3 Å². The molecule has 0 atom stereocenters. The monoisotopic (exact) mass is 422 g/mol. The Morgan fingerprint density at radius 3 is 2.35 bits per heavy atom. The van der Waals surface area contributed by atoms with Gasteiger partial charge in [-0.1, -0.05) is 45.0 Å². The molecule has 1 heterocycles. The van der Waals surface area contributed by atoms with Crippen molar-refractivity contribution in [1.82, 2.24) is 4.98 Å². The second-order valence-corrected chi connectivity index (χ2v) is 8.03. The molecule has 0 bridgehead atoms. The molecule has 0 radical (unpaired) electrons. The summed E-state index contributed by atoms with van der Waals surface area (Å²) in [6.07, 6.45) is 1.70. The number of methoxy groups -OCH3 is 2. The van der Waals surface area contributed by atoms with E-state index in [0.29, 0.717) is 17.2 Å². The summed E-state index contributed by atoms with van der Waals surface area (Å²) in [5.74, 6) is -0.0957. The van der Waals surface area contributed by atoms with Crippen LogP contribution >= 0.6 is 0 Å². The van der Waals surface area contributed by atoms with Crippen molar-refractivity contribution in [2.45, 2.75) is 27.4 Å². The molecule has 0 unspecified atom stereocenters. The van der Waals surface area contributed by atoms with Crippen molar-refractivity contribution < 1.29 is 23.8 Å². The van der Waals surface area contributed by atoms with Gasteiger partial charge in [0.1, 0.15) is 6.61 Å². The molecule has 0 aliphatic heterocycles. The van der Waals surface area contributed by atoms with Gasteiger partial charge in [0.05, 0.1) is 31.0 Å². The number of carbonyl (C=O) groups excluding carboxylic acids is 2. The third kappa shape index (κ3) is 4.94. The number of hydrogen-bond donors (Lipinski definition) is 1. The summed E-state index contributed by atoms with van der Waals surface area (Å²) < 4.78 is 16.2. The fraction of sp³-hybridized carbons (Fsp3) is 0.292. The Morgan fingerprint density at radius 1 is 1.00 bits per heavy atom. The van der Waals surface area contributed by atoms with Crippen LogP contribution in [0.1, 0.15) is 36.7 Å². The first kappa shape index (κ1) is 22.1. The summed E-state index contributed by atoms with van der Waals surface area (Å²) in [5, 5.41) is 3.76. The van der Waals surface area contributed by atoms with Crippen LogP contribution in [0, 0.1) is 5.41 Å². The van der Waals surface area contributed by atoms with Crippen LogP contribution in [0.2, 0.25) is 0 Å². The number of amides is 1. The highest BCUT2D eigenvalue weighted by molar-refractivity contribution is 6.03. The third-order valence-electron chi connectivity index (χ3n) is 4.75. The molecule has 0 saturated heterocycles. The first-order valence-corrected chi connectivity index (χ1v) is 9.82. The largest absolute Gasteiger partial charge is 0.493 e. The van der Waals surface area contributed by atoms with E-state index >= 15 is 0 Å². The van der Waals surface area contributed by atoms with Gasteiger partial charge in [0, 0.05) is 34.7 Å². The Hall–Kier alpha value is -3.61. The summed E-state index contributed by atoms with van der Waals surface area (Å²) in [4.78, 5) is 29.9. The van der Waals surface area contributed by atoms with E-state index in [9.17, 15) is 9.59 Å². The molecular formula is C24H26N2O5. The van der Waals surface area contributed by atoms with Gasteiger partial charge in [-0.3, -0.25) is 9.78 Å². The van der Waals surface area contributed by atoms with E-state index in [0.717, 1.165) is 16.5 Å². The second kappa shape index (κ2) is 9.04. The summed E-state index contributed by atoms with van der Waals surface area (Å²) in [6, 6.07) is 12.5. The van der Waals surface area contributed by atoms with E-state index < -0.39 is 11.4 Å². The maximum atomic E-state index is 13.0. The number of carbonyl (C=O) groups is 2. The number of para-hydroxylation sites is 1. The van der Waals surface area contributed by atoms with Gasteiger partial charge in [-0.15, -0.1) is 0 Å². The first-order valence-electron chi connectivity index (χ1n) is 9.82. The number of rotatable bonds is 6. The minimum Gasteiger partial charge on any atom is -0.493 e. The molecule has 0 spiro atoms. The zero-order chi connectivity index (χ0) is 22.6. The normalized spacial score (nSPS) is 11.1. The van der Waals surface area contributed by atoms with Gasteiger partial charge in [0.2, 0.25) is 5.91 Å². The number of hydrogen-bond acceptors (Lipinski definition) is 6. The highest BCUT2D eigenvalue weighted by atomic mass is 16.5. The Labute approximate surface area is 181 Å². The standard InChI is InChI=1S/C24H26N2O5/c1-24(2,3)23(28)26-18-13-20(30-5)19(29-4)12-17(18)22(27)31-14-16-9-6-8-15-10-7-11-25-21(15)16/h6-13H,14H2,1-5H3,(H,26,28). The van der Waals surface area contributed by atoms with E-state index in [4.69, 9.17) is 14.2 Å². The van der Waals surface area contributed by atoms with Crippen LogP contribution in [0.25, 0.3) is 10.9 Å². The lowest BCUT2D eigenvalue weighted by Gasteiger charge is -2.20. The number of esters is 1. The SMILES string of the molecule is COc1cc(NC(=O)C(C)(C)C)c(C(=O)OCc2cccc3cccnc23)cc1OC. The molecule has 2 aromatic carbocycles. The first-order chi connectivity index (χ1) is 14.7. The van der Waals surface area contributed by atoms with Gasteiger partial charge in [-0.05, 0) is 6.07 Å². The Morgan fingerprint density at radius 2 is 1.68 bits per heavy atom. The molecule has 162 valence electrons. The Balaban J connectivity index is 1.91. The van der Waals surface area contributed by atoms with Crippen LogP contribution in [0.15, 0.2) is 48.7 Å². The maximum absolute atomic E-state index is 13.0. The Bertz CT molecular complexity index is 1110. The lowest BCUT2D eigenvalue weighted by atomic mass is 9.95. The lowest BCUT2D eigenvalue weighted by molar-refractivity contribution is -0.123. The Kier molecular flexibility index (Phi) is 6.44. The van der Waals surface area contributed by atoms with Gasteiger partial charge < -0.3 is 19.5 Å². The molecule has 1 aromatic heterocycles.